The maximum absolute atomic E-state index is 13.1. The molecule has 20 heavy (non-hydrogen) atoms. The fraction of sp³-hybridized carbons (Fsp3) is 0.429. The van der Waals surface area contributed by atoms with Crippen molar-refractivity contribution in [3.63, 3.8) is 0 Å². The van der Waals surface area contributed by atoms with Crippen LogP contribution in [-0.2, 0) is 4.79 Å². The van der Waals surface area contributed by atoms with E-state index < -0.39 is 17.2 Å². The van der Waals surface area contributed by atoms with Crippen molar-refractivity contribution < 1.29 is 19.1 Å². The highest BCUT2D eigenvalue weighted by Crippen LogP contribution is 2.31. The van der Waals surface area contributed by atoms with Gasteiger partial charge in [0.15, 0.2) is 0 Å². The van der Waals surface area contributed by atoms with Gasteiger partial charge in [0.25, 0.3) is 0 Å². The summed E-state index contributed by atoms with van der Waals surface area (Å²) in [6, 6.07) is 3.32. The molecule has 0 radical (unpaired) electrons. The number of nitrogens with one attached hydrogen (secondary N) is 2. The van der Waals surface area contributed by atoms with Crippen LogP contribution >= 0.6 is 0 Å². The van der Waals surface area contributed by atoms with Crippen LogP contribution in [0.15, 0.2) is 18.2 Å². The van der Waals surface area contributed by atoms with E-state index in [2.05, 4.69) is 10.6 Å². The number of carbonyl (C=O) groups excluding carboxylic acids is 1. The molecule has 1 unspecified atom stereocenters. The van der Waals surface area contributed by atoms with Gasteiger partial charge in [0.2, 0.25) is 5.91 Å². The number of anilines is 1. The molecule has 3 N–H and O–H groups in total. The quantitative estimate of drug-likeness (QED) is 0.786. The number of carboxylic acids is 1. The van der Waals surface area contributed by atoms with Crippen molar-refractivity contribution in [3.05, 3.63) is 29.6 Å². The van der Waals surface area contributed by atoms with E-state index in [9.17, 15) is 14.0 Å². The summed E-state index contributed by atoms with van der Waals surface area (Å²) in [4.78, 5) is 23.5. The Balaban J connectivity index is 2.25. The first-order chi connectivity index (χ1) is 9.48. The van der Waals surface area contributed by atoms with Gasteiger partial charge in [-0.25, -0.2) is 9.18 Å². The zero-order valence-corrected chi connectivity index (χ0v) is 11.2. The average molecular weight is 280 g/mol. The van der Waals surface area contributed by atoms with Crippen LogP contribution in [0.3, 0.4) is 0 Å². The molecule has 2 rings (SSSR count). The highest BCUT2D eigenvalue weighted by molar-refractivity contribution is 6.02. The van der Waals surface area contributed by atoms with Crippen LogP contribution in [-0.4, -0.2) is 30.1 Å². The van der Waals surface area contributed by atoms with E-state index in [4.69, 9.17) is 5.11 Å². The molecule has 1 aromatic rings. The van der Waals surface area contributed by atoms with Gasteiger partial charge in [0.05, 0.1) is 16.7 Å². The van der Waals surface area contributed by atoms with E-state index >= 15 is 0 Å². The Morgan fingerprint density at radius 3 is 2.80 bits per heavy atom. The molecule has 1 aromatic carbocycles. The number of amides is 1. The number of hydrogen-bond donors (Lipinski definition) is 3. The van der Waals surface area contributed by atoms with E-state index in [-0.39, 0.29) is 17.2 Å². The second-order valence-corrected chi connectivity index (χ2v) is 5.01. The fourth-order valence-corrected chi connectivity index (χ4v) is 2.46. The molecular weight excluding hydrogens is 263 g/mol. The van der Waals surface area contributed by atoms with Crippen LogP contribution in [0.4, 0.5) is 10.1 Å². The fourth-order valence-electron chi connectivity index (χ4n) is 2.46. The number of carboxylic acid groups (broad SMARTS) is 1. The van der Waals surface area contributed by atoms with Crippen LogP contribution in [0.2, 0.25) is 0 Å². The minimum Gasteiger partial charge on any atom is -0.478 e. The van der Waals surface area contributed by atoms with E-state index in [1.165, 1.54) is 6.07 Å². The summed E-state index contributed by atoms with van der Waals surface area (Å²) in [6.07, 6.45) is 1.37. The Morgan fingerprint density at radius 2 is 2.25 bits per heavy atom. The number of carbonyl (C=O) groups is 2. The Kier molecular flexibility index (Phi) is 4.04. The van der Waals surface area contributed by atoms with Crippen molar-refractivity contribution in [2.24, 2.45) is 5.41 Å². The molecule has 1 aliphatic rings. The molecular formula is C14H17FN2O3. The van der Waals surface area contributed by atoms with Crippen molar-refractivity contribution in [1.29, 1.82) is 0 Å². The molecule has 1 atom stereocenters. The number of aromatic carboxylic acids is 1. The predicted octanol–water partition coefficient (Wildman–Crippen LogP) is 1.85. The Labute approximate surface area is 116 Å². The summed E-state index contributed by atoms with van der Waals surface area (Å²) in [5, 5.41) is 14.8. The van der Waals surface area contributed by atoms with Gasteiger partial charge in [-0.05, 0) is 37.6 Å². The lowest BCUT2D eigenvalue weighted by Crippen LogP contribution is -2.37. The second-order valence-electron chi connectivity index (χ2n) is 5.01. The van der Waals surface area contributed by atoms with Gasteiger partial charge >= 0.3 is 5.97 Å². The van der Waals surface area contributed by atoms with E-state index in [1.807, 2.05) is 6.92 Å². The minimum atomic E-state index is -1.27. The van der Waals surface area contributed by atoms with Gasteiger partial charge < -0.3 is 15.7 Å². The summed E-state index contributed by atoms with van der Waals surface area (Å²) >= 11 is 0. The summed E-state index contributed by atoms with van der Waals surface area (Å²) in [6.45, 7) is 3.25. The topological polar surface area (TPSA) is 78.4 Å². The van der Waals surface area contributed by atoms with Crippen molar-refractivity contribution in [3.8, 4) is 0 Å². The van der Waals surface area contributed by atoms with Gasteiger partial charge in [-0.1, -0.05) is 6.92 Å². The molecule has 5 nitrogen and oxygen atoms in total. The number of hydrogen-bond acceptors (Lipinski definition) is 3. The van der Waals surface area contributed by atoms with Crippen LogP contribution in [0, 0.1) is 11.2 Å². The van der Waals surface area contributed by atoms with Crippen molar-refractivity contribution in [2.75, 3.05) is 18.4 Å². The Hall–Kier alpha value is -1.95. The van der Waals surface area contributed by atoms with Gasteiger partial charge in [0.1, 0.15) is 5.82 Å². The smallest absolute Gasteiger partial charge is 0.337 e. The molecule has 0 spiro atoms. The first-order valence-electron chi connectivity index (χ1n) is 6.53. The van der Waals surface area contributed by atoms with Crippen LogP contribution in [0.25, 0.3) is 0 Å². The SMILES string of the molecule is CCC1(C(=O)Nc2ccc(F)cc2C(=O)O)CCNC1. The number of rotatable bonds is 4. The molecule has 1 heterocycles. The van der Waals surface area contributed by atoms with E-state index in [0.717, 1.165) is 18.7 Å². The third kappa shape index (κ3) is 2.65. The molecule has 0 saturated carbocycles. The van der Waals surface area contributed by atoms with Crippen LogP contribution in [0.5, 0.6) is 0 Å². The zero-order chi connectivity index (χ0) is 14.8. The standard InChI is InChI=1S/C14H17FN2O3/c1-2-14(5-6-16-8-14)13(20)17-11-4-3-9(15)7-10(11)12(18)19/h3-4,7,16H,2,5-6,8H2,1H3,(H,17,20)(H,18,19). The number of halogens is 1. The largest absolute Gasteiger partial charge is 0.478 e. The van der Waals surface area contributed by atoms with Crippen LogP contribution in [0.1, 0.15) is 30.1 Å². The minimum absolute atomic E-state index is 0.128. The summed E-state index contributed by atoms with van der Waals surface area (Å²) in [7, 11) is 0. The molecule has 1 saturated heterocycles. The molecule has 1 aliphatic heterocycles. The third-order valence-electron chi connectivity index (χ3n) is 3.86. The van der Waals surface area contributed by atoms with Crippen LogP contribution < -0.4 is 10.6 Å². The first kappa shape index (κ1) is 14.5. The Morgan fingerprint density at radius 1 is 1.50 bits per heavy atom. The monoisotopic (exact) mass is 280 g/mol. The maximum Gasteiger partial charge on any atom is 0.337 e. The summed E-state index contributed by atoms with van der Waals surface area (Å²) in [5.74, 6) is -2.14. The zero-order valence-electron chi connectivity index (χ0n) is 11.2. The maximum atomic E-state index is 13.1. The third-order valence-corrected chi connectivity index (χ3v) is 3.86. The van der Waals surface area contributed by atoms with Crippen molar-refractivity contribution >= 4 is 17.6 Å². The molecule has 1 fully saturated rings. The molecule has 0 aliphatic carbocycles. The Bertz CT molecular complexity index is 539. The first-order valence-corrected chi connectivity index (χ1v) is 6.53. The summed E-state index contributed by atoms with van der Waals surface area (Å²) < 4.78 is 13.1. The molecule has 108 valence electrons. The lowest BCUT2D eigenvalue weighted by Gasteiger charge is -2.25. The average Bonchev–Trinajstić information content (AvgIpc) is 2.90. The second kappa shape index (κ2) is 5.58. The highest BCUT2D eigenvalue weighted by Gasteiger charge is 2.39. The van der Waals surface area contributed by atoms with Gasteiger partial charge in [-0.15, -0.1) is 0 Å². The van der Waals surface area contributed by atoms with E-state index in [0.29, 0.717) is 19.4 Å². The lowest BCUT2D eigenvalue weighted by atomic mass is 9.83. The normalized spacial score (nSPS) is 21.7. The highest BCUT2D eigenvalue weighted by atomic mass is 19.1. The molecule has 0 bridgehead atoms. The molecule has 0 aromatic heterocycles. The predicted molar refractivity (Wildman–Crippen MR) is 72.2 cm³/mol. The van der Waals surface area contributed by atoms with Gasteiger partial charge in [-0.2, -0.15) is 0 Å². The number of benzene rings is 1. The van der Waals surface area contributed by atoms with Gasteiger partial charge in [0, 0.05) is 6.54 Å². The lowest BCUT2D eigenvalue weighted by molar-refractivity contribution is -0.124. The molecule has 1 amide bonds. The summed E-state index contributed by atoms with van der Waals surface area (Å²) in [5.41, 5.74) is -0.636. The van der Waals surface area contributed by atoms with Crippen molar-refractivity contribution in [2.45, 2.75) is 19.8 Å². The van der Waals surface area contributed by atoms with E-state index in [1.54, 1.807) is 0 Å². The van der Waals surface area contributed by atoms with Crippen molar-refractivity contribution in [1.82, 2.24) is 5.32 Å². The van der Waals surface area contributed by atoms with Gasteiger partial charge in [-0.3, -0.25) is 4.79 Å². The molecule has 6 heteroatoms.